The summed E-state index contributed by atoms with van der Waals surface area (Å²) in [5.74, 6) is -3.56. The molecule has 0 unspecified atom stereocenters. The number of hydrogen-bond acceptors (Lipinski definition) is 16. The second kappa shape index (κ2) is 25.4. The van der Waals surface area contributed by atoms with Crippen molar-refractivity contribution in [1.29, 1.82) is 0 Å². The minimum Gasteiger partial charge on any atom is -0.414 e. The molecule has 6 aliphatic rings. The van der Waals surface area contributed by atoms with E-state index < -0.39 is 119 Å². The first-order valence-electron chi connectivity index (χ1n) is 29.8. The molecule has 6 heterocycles. The highest BCUT2D eigenvalue weighted by molar-refractivity contribution is 6.74. The van der Waals surface area contributed by atoms with E-state index in [2.05, 4.69) is 92.0 Å². The molecule has 2 aromatic carbocycles. The highest BCUT2D eigenvalue weighted by Crippen LogP contribution is 2.48. The smallest absolute Gasteiger partial charge is 0.192 e. The van der Waals surface area contributed by atoms with E-state index >= 15 is 0 Å². The van der Waals surface area contributed by atoms with Gasteiger partial charge in [0.15, 0.2) is 39.8 Å². The first kappa shape index (κ1) is 65.0. The number of fused-ring (bicyclic) bond motifs is 2. The molecule has 0 N–H and O–H groups in total. The van der Waals surface area contributed by atoms with Crippen molar-refractivity contribution in [3.8, 4) is 0 Å². The molecule has 0 bridgehead atoms. The summed E-state index contributed by atoms with van der Waals surface area (Å²) in [6, 6.07) is 20.3. The number of hydrogen-bond donors (Lipinski definition) is 0. The van der Waals surface area contributed by atoms with E-state index in [9.17, 15) is 0 Å². The van der Waals surface area contributed by atoms with Gasteiger partial charge in [-0.3, -0.25) is 0 Å². The van der Waals surface area contributed by atoms with Gasteiger partial charge < -0.3 is 75.2 Å². The Morgan fingerprint density at radius 1 is 0.568 bits per heavy atom. The molecular formula is C63H102O16Si2. The Labute approximate surface area is 487 Å². The van der Waals surface area contributed by atoms with Crippen molar-refractivity contribution >= 4 is 16.6 Å². The first-order chi connectivity index (χ1) is 37.7. The molecule has 0 aliphatic carbocycles. The van der Waals surface area contributed by atoms with Gasteiger partial charge in [0.1, 0.15) is 67.8 Å². The van der Waals surface area contributed by atoms with Crippen LogP contribution in [0.15, 0.2) is 72.8 Å². The van der Waals surface area contributed by atoms with E-state index in [1.54, 1.807) is 7.11 Å². The molecule has 0 spiro atoms. The molecule has 6 aliphatic heterocycles. The largest absolute Gasteiger partial charge is 0.414 e. The molecule has 16 nitrogen and oxygen atoms in total. The molecule has 81 heavy (non-hydrogen) atoms. The molecule has 458 valence electrons. The highest BCUT2D eigenvalue weighted by atomic mass is 28.4. The Balaban J connectivity index is 1.10. The Hall–Kier alpha value is -2.03. The van der Waals surface area contributed by atoms with Crippen LogP contribution < -0.4 is 0 Å². The number of rotatable bonds is 24. The zero-order valence-corrected chi connectivity index (χ0v) is 54.5. The molecular weight excluding hydrogens is 1070 g/mol. The maximum atomic E-state index is 7.71. The standard InChI is InChI=1S/C63H102O16Si2/c1-40(31-32-43(67-39-64-16)44-33-46-51(75-60(8,9)71-46)56(69-44)54-49(74-63(14,15)78-54)38-68-80(17,18)58(2,3)4)50(66-36-42-29-25-22-26-30-42)55(79-81(19,20)59(5,6)7)45-34-47-52(76-61(10,11)72-47)57(70-45)53-48(73-62(12,13)77-53)37-65-35-41-27-23-21-24-28-41/h21-30,43-57H,1,31-39H2,2-20H3/t43-,44-,45-,46-,47-,48-,49-,50-,51-,52-,53+,54+,55+,56-,57-/m1/s1. The maximum Gasteiger partial charge on any atom is 0.192 e. The third kappa shape index (κ3) is 16.1. The fraction of sp³-hybridized carbons (Fsp3) is 0.778. The van der Waals surface area contributed by atoms with Gasteiger partial charge in [0.25, 0.3) is 0 Å². The lowest BCUT2D eigenvalue weighted by Gasteiger charge is -2.48. The average molecular weight is 1170 g/mol. The van der Waals surface area contributed by atoms with Crippen molar-refractivity contribution in [2.45, 2.75) is 287 Å². The van der Waals surface area contributed by atoms with Gasteiger partial charge in [-0.2, -0.15) is 0 Å². The third-order valence-corrected chi connectivity index (χ3v) is 26.7. The van der Waals surface area contributed by atoms with Crippen molar-refractivity contribution in [2.24, 2.45) is 0 Å². The molecule has 0 amide bonds. The van der Waals surface area contributed by atoms with E-state index in [4.69, 9.17) is 81.7 Å². The third-order valence-electron chi connectivity index (χ3n) is 17.7. The maximum absolute atomic E-state index is 7.71. The summed E-state index contributed by atoms with van der Waals surface area (Å²) in [5.41, 5.74) is 2.91. The SMILES string of the molecule is C=C(CC[C@@H](OCOC)[C@H]1C[C@H]2OC(C)(C)O[C@H]2[C@H]([C@H]2OC(C)(C)O[C@@H]2CO[Si](C)(C)C(C)(C)C)O1)[C@@H](OCc1ccccc1)[C@@H](O[Si](C)(C)C(C)(C)C)[C@H]1C[C@H]2OC(C)(C)O[C@H]2[C@H]([C@H]2OC(C)(C)O[C@@H]2COCc2ccccc2)O1. The lowest BCUT2D eigenvalue weighted by Crippen LogP contribution is -2.61. The summed E-state index contributed by atoms with van der Waals surface area (Å²) in [6.45, 7) is 44.4. The molecule has 0 aromatic heterocycles. The van der Waals surface area contributed by atoms with Crippen LogP contribution in [0.2, 0.25) is 36.3 Å². The van der Waals surface area contributed by atoms with Crippen LogP contribution in [0.4, 0.5) is 0 Å². The fourth-order valence-electron chi connectivity index (χ4n) is 11.7. The highest BCUT2D eigenvalue weighted by Gasteiger charge is 2.61. The quantitative estimate of drug-likeness (QED) is 0.0557. The average Bonchev–Trinajstić information content (AvgIpc) is 3.08. The van der Waals surface area contributed by atoms with Gasteiger partial charge in [-0.05, 0) is 121 Å². The van der Waals surface area contributed by atoms with Gasteiger partial charge in [-0.15, -0.1) is 0 Å². The van der Waals surface area contributed by atoms with Crippen LogP contribution in [0.25, 0.3) is 0 Å². The van der Waals surface area contributed by atoms with Crippen LogP contribution in [0.1, 0.15) is 134 Å². The molecule has 6 fully saturated rings. The van der Waals surface area contributed by atoms with Crippen molar-refractivity contribution in [3.63, 3.8) is 0 Å². The lowest BCUT2D eigenvalue weighted by atomic mass is 9.86. The van der Waals surface area contributed by atoms with Crippen LogP contribution in [-0.4, -0.2) is 158 Å². The van der Waals surface area contributed by atoms with E-state index in [1.165, 1.54) is 0 Å². The Kier molecular flexibility index (Phi) is 20.3. The summed E-state index contributed by atoms with van der Waals surface area (Å²) in [7, 11) is -3.14. The summed E-state index contributed by atoms with van der Waals surface area (Å²) >= 11 is 0. The van der Waals surface area contributed by atoms with Crippen molar-refractivity contribution < 1.29 is 75.2 Å². The minimum absolute atomic E-state index is 0.00479. The van der Waals surface area contributed by atoms with Gasteiger partial charge in [-0.25, -0.2) is 0 Å². The van der Waals surface area contributed by atoms with Crippen molar-refractivity contribution in [2.75, 3.05) is 27.1 Å². The molecule has 0 radical (unpaired) electrons. The van der Waals surface area contributed by atoms with E-state index in [0.29, 0.717) is 45.5 Å². The lowest BCUT2D eigenvalue weighted by molar-refractivity contribution is -0.228. The Bertz CT molecular complexity index is 2340. The van der Waals surface area contributed by atoms with Gasteiger partial charge in [0.2, 0.25) is 0 Å². The van der Waals surface area contributed by atoms with Crippen LogP contribution in [-0.2, 0) is 88.4 Å². The van der Waals surface area contributed by atoms with E-state index in [0.717, 1.165) is 16.7 Å². The minimum atomic E-state index is -2.61. The van der Waals surface area contributed by atoms with Gasteiger partial charge in [-0.1, -0.05) is 109 Å². The molecule has 6 saturated heterocycles. The van der Waals surface area contributed by atoms with Gasteiger partial charge in [0.05, 0.1) is 56.9 Å². The second-order valence-corrected chi connectivity index (χ2v) is 37.8. The number of methoxy groups -OCH3 is 1. The predicted molar refractivity (Wildman–Crippen MR) is 313 cm³/mol. The summed E-state index contributed by atoms with van der Waals surface area (Å²) in [6.07, 6.45) is -5.64. The molecule has 18 heteroatoms. The molecule has 2 aromatic rings. The summed E-state index contributed by atoms with van der Waals surface area (Å²) < 4.78 is 109. The monoisotopic (exact) mass is 1170 g/mol. The number of ether oxygens (including phenoxy) is 14. The Morgan fingerprint density at radius 3 is 1.53 bits per heavy atom. The van der Waals surface area contributed by atoms with Crippen LogP contribution in [0.3, 0.4) is 0 Å². The molecule has 0 saturated carbocycles. The van der Waals surface area contributed by atoms with Crippen molar-refractivity contribution in [1.82, 2.24) is 0 Å². The number of benzene rings is 2. The molecule has 15 atom stereocenters. The van der Waals surface area contributed by atoms with Crippen LogP contribution >= 0.6 is 0 Å². The van der Waals surface area contributed by atoms with Gasteiger partial charge >= 0.3 is 0 Å². The topological polar surface area (TPSA) is 148 Å². The summed E-state index contributed by atoms with van der Waals surface area (Å²) in [5, 5.41) is -0.174. The van der Waals surface area contributed by atoms with E-state index in [1.807, 2.05) is 91.8 Å². The van der Waals surface area contributed by atoms with Gasteiger partial charge in [0, 0.05) is 20.0 Å². The van der Waals surface area contributed by atoms with E-state index in [-0.39, 0.29) is 35.7 Å². The van der Waals surface area contributed by atoms with Crippen LogP contribution in [0, 0.1) is 0 Å². The molecule has 8 rings (SSSR count). The fourth-order valence-corrected chi connectivity index (χ4v) is 14.1. The predicted octanol–water partition coefficient (Wildman–Crippen LogP) is 11.9. The van der Waals surface area contributed by atoms with Crippen molar-refractivity contribution in [3.05, 3.63) is 83.9 Å². The summed E-state index contributed by atoms with van der Waals surface area (Å²) in [4.78, 5) is 0. The zero-order valence-electron chi connectivity index (χ0n) is 52.5. The second-order valence-electron chi connectivity index (χ2n) is 28.2. The normalized spacial score (nSPS) is 33.0. The Morgan fingerprint density at radius 2 is 1.02 bits per heavy atom. The van der Waals surface area contributed by atoms with Crippen LogP contribution in [0.5, 0.6) is 0 Å². The first-order valence-corrected chi connectivity index (χ1v) is 35.6. The zero-order chi connectivity index (χ0) is 59.1.